The molecule has 0 saturated carbocycles. The van der Waals surface area contributed by atoms with E-state index in [1.54, 1.807) is 23.6 Å². The largest absolute Gasteiger partial charge is 0.294 e. The molecule has 4 nitrogen and oxygen atoms in total. The second-order valence-electron chi connectivity index (χ2n) is 5.22. The first-order valence-corrected chi connectivity index (χ1v) is 9.60. The van der Waals surface area contributed by atoms with Crippen molar-refractivity contribution in [2.45, 2.75) is 11.1 Å². The van der Waals surface area contributed by atoms with E-state index in [4.69, 9.17) is 0 Å². The minimum atomic E-state index is -3.71. The van der Waals surface area contributed by atoms with Gasteiger partial charge in [0.1, 0.15) is 4.21 Å². The molecule has 0 spiro atoms. The fraction of sp³-hybridized carbons (Fsp3) is 0.0556. The van der Waals surface area contributed by atoms with Crippen LogP contribution >= 0.6 is 11.3 Å². The van der Waals surface area contributed by atoms with Gasteiger partial charge in [-0.3, -0.25) is 9.52 Å². The van der Waals surface area contributed by atoms with E-state index in [2.05, 4.69) is 4.72 Å². The van der Waals surface area contributed by atoms with Crippen molar-refractivity contribution in [1.29, 1.82) is 0 Å². The van der Waals surface area contributed by atoms with Gasteiger partial charge in [-0.15, -0.1) is 11.3 Å². The predicted molar refractivity (Wildman–Crippen MR) is 97.0 cm³/mol. The highest BCUT2D eigenvalue weighted by Crippen LogP contribution is 2.28. The summed E-state index contributed by atoms with van der Waals surface area (Å²) in [5.74, 6) is -0.196. The molecule has 0 saturated heterocycles. The lowest BCUT2D eigenvalue weighted by molar-refractivity contribution is 0.101. The zero-order valence-corrected chi connectivity index (χ0v) is 14.5. The highest BCUT2D eigenvalue weighted by molar-refractivity contribution is 7.94. The molecule has 0 bridgehead atoms. The standard InChI is InChI=1S/C18H15NO3S2/c1-13(20)16-10-9-15(14-6-3-2-4-7-14)12-17(16)19-24(21,22)18-8-5-11-23-18/h2-12,19H,1H3. The van der Waals surface area contributed by atoms with E-state index >= 15 is 0 Å². The van der Waals surface area contributed by atoms with Crippen molar-refractivity contribution < 1.29 is 13.2 Å². The smallest absolute Gasteiger partial charge is 0.271 e. The maximum Gasteiger partial charge on any atom is 0.271 e. The molecule has 3 aromatic rings. The Kier molecular flexibility index (Phi) is 4.51. The second-order valence-corrected chi connectivity index (χ2v) is 8.08. The number of sulfonamides is 1. The van der Waals surface area contributed by atoms with E-state index in [1.807, 2.05) is 36.4 Å². The van der Waals surface area contributed by atoms with Crippen molar-refractivity contribution in [2.24, 2.45) is 0 Å². The molecule has 0 unspecified atom stereocenters. The second kappa shape index (κ2) is 6.59. The number of hydrogen-bond donors (Lipinski definition) is 1. The fourth-order valence-corrected chi connectivity index (χ4v) is 4.42. The average Bonchev–Trinajstić information content (AvgIpc) is 3.10. The van der Waals surface area contributed by atoms with E-state index in [-0.39, 0.29) is 15.7 Å². The Morgan fingerprint density at radius 3 is 2.33 bits per heavy atom. The molecule has 0 radical (unpaired) electrons. The zero-order valence-electron chi connectivity index (χ0n) is 12.9. The van der Waals surface area contributed by atoms with Gasteiger partial charge in [-0.25, -0.2) is 8.42 Å². The fourth-order valence-electron chi connectivity index (χ4n) is 2.36. The molecule has 24 heavy (non-hydrogen) atoms. The Labute approximate surface area is 144 Å². The molecular formula is C18H15NO3S2. The number of Topliss-reactive ketones (excluding diaryl/α,β-unsaturated/α-hetero) is 1. The number of thiophene rings is 1. The van der Waals surface area contributed by atoms with Gasteiger partial charge >= 0.3 is 0 Å². The monoisotopic (exact) mass is 357 g/mol. The van der Waals surface area contributed by atoms with Gasteiger partial charge in [0.25, 0.3) is 10.0 Å². The van der Waals surface area contributed by atoms with Crippen LogP contribution in [-0.2, 0) is 10.0 Å². The Bertz CT molecular complexity index is 963. The van der Waals surface area contributed by atoms with Crippen LogP contribution in [0.2, 0.25) is 0 Å². The molecule has 122 valence electrons. The maximum absolute atomic E-state index is 12.5. The first-order valence-electron chi connectivity index (χ1n) is 7.24. The molecular weight excluding hydrogens is 342 g/mol. The van der Waals surface area contributed by atoms with Crippen molar-refractivity contribution >= 4 is 32.8 Å². The number of nitrogens with one attached hydrogen (secondary N) is 1. The van der Waals surface area contributed by atoms with Crippen molar-refractivity contribution in [3.63, 3.8) is 0 Å². The molecule has 0 aliphatic rings. The van der Waals surface area contributed by atoms with Crippen LogP contribution in [-0.4, -0.2) is 14.2 Å². The van der Waals surface area contributed by atoms with Gasteiger partial charge < -0.3 is 0 Å². The van der Waals surface area contributed by atoms with Crippen LogP contribution in [0.1, 0.15) is 17.3 Å². The number of anilines is 1. The van der Waals surface area contributed by atoms with E-state index in [0.717, 1.165) is 22.5 Å². The Balaban J connectivity index is 2.06. The van der Waals surface area contributed by atoms with Crippen LogP contribution in [0.15, 0.2) is 70.3 Å². The average molecular weight is 357 g/mol. The van der Waals surface area contributed by atoms with Gasteiger partial charge in [-0.05, 0) is 41.6 Å². The molecule has 0 amide bonds. The molecule has 1 aromatic heterocycles. The highest BCUT2D eigenvalue weighted by atomic mass is 32.2. The minimum Gasteiger partial charge on any atom is -0.294 e. The number of rotatable bonds is 5. The van der Waals surface area contributed by atoms with Crippen molar-refractivity contribution in [2.75, 3.05) is 4.72 Å². The van der Waals surface area contributed by atoms with Crippen LogP contribution < -0.4 is 4.72 Å². The van der Waals surface area contributed by atoms with Gasteiger partial charge in [-0.1, -0.05) is 42.5 Å². The number of carbonyl (C=O) groups is 1. The summed E-state index contributed by atoms with van der Waals surface area (Å²) in [4.78, 5) is 11.9. The van der Waals surface area contributed by atoms with Crippen LogP contribution in [0.4, 0.5) is 5.69 Å². The summed E-state index contributed by atoms with van der Waals surface area (Å²) in [5, 5.41) is 1.70. The van der Waals surface area contributed by atoms with Gasteiger partial charge in [-0.2, -0.15) is 0 Å². The van der Waals surface area contributed by atoms with Crippen molar-refractivity contribution in [3.8, 4) is 11.1 Å². The third-order valence-electron chi connectivity index (χ3n) is 3.51. The van der Waals surface area contributed by atoms with Crippen LogP contribution in [0, 0.1) is 0 Å². The maximum atomic E-state index is 12.5. The molecule has 3 rings (SSSR count). The molecule has 2 aromatic carbocycles. The quantitative estimate of drug-likeness (QED) is 0.688. The first kappa shape index (κ1) is 16.4. The Hall–Kier alpha value is -2.44. The van der Waals surface area contributed by atoms with Crippen molar-refractivity contribution in [1.82, 2.24) is 0 Å². The minimum absolute atomic E-state index is 0.196. The topological polar surface area (TPSA) is 63.2 Å². The highest BCUT2D eigenvalue weighted by Gasteiger charge is 2.19. The summed E-state index contributed by atoms with van der Waals surface area (Å²) >= 11 is 1.13. The van der Waals surface area contributed by atoms with E-state index < -0.39 is 10.0 Å². The van der Waals surface area contributed by atoms with E-state index in [9.17, 15) is 13.2 Å². The third kappa shape index (κ3) is 3.39. The Morgan fingerprint density at radius 1 is 0.958 bits per heavy atom. The zero-order chi connectivity index (χ0) is 17.2. The number of hydrogen-bond acceptors (Lipinski definition) is 4. The summed E-state index contributed by atoms with van der Waals surface area (Å²) in [7, 11) is -3.71. The molecule has 0 atom stereocenters. The number of carbonyl (C=O) groups excluding carboxylic acids is 1. The Morgan fingerprint density at radius 2 is 1.71 bits per heavy atom. The SMILES string of the molecule is CC(=O)c1ccc(-c2ccccc2)cc1NS(=O)(=O)c1cccs1. The third-order valence-corrected chi connectivity index (χ3v) is 6.27. The summed E-state index contributed by atoms with van der Waals surface area (Å²) < 4.78 is 27.7. The molecule has 1 N–H and O–H groups in total. The number of ketones is 1. The molecule has 0 aliphatic carbocycles. The van der Waals surface area contributed by atoms with Gasteiger partial charge in [0, 0.05) is 5.56 Å². The van der Waals surface area contributed by atoms with E-state index in [1.165, 1.54) is 13.0 Å². The molecule has 0 fully saturated rings. The van der Waals surface area contributed by atoms with Crippen LogP contribution in [0.25, 0.3) is 11.1 Å². The van der Waals surface area contributed by atoms with Crippen LogP contribution in [0.5, 0.6) is 0 Å². The summed E-state index contributed by atoms with van der Waals surface area (Å²) in [6.07, 6.45) is 0. The normalized spacial score (nSPS) is 11.2. The predicted octanol–water partition coefficient (Wildman–Crippen LogP) is 4.42. The lowest BCUT2D eigenvalue weighted by atomic mass is 10.0. The van der Waals surface area contributed by atoms with Crippen molar-refractivity contribution in [3.05, 3.63) is 71.6 Å². The summed E-state index contributed by atoms with van der Waals surface area (Å²) in [6, 6.07) is 17.9. The molecule has 1 heterocycles. The number of benzene rings is 2. The molecule has 0 aliphatic heterocycles. The van der Waals surface area contributed by atoms with E-state index in [0.29, 0.717) is 5.56 Å². The summed E-state index contributed by atoms with van der Waals surface area (Å²) in [6.45, 7) is 1.42. The van der Waals surface area contributed by atoms with Gasteiger partial charge in [0.2, 0.25) is 0 Å². The molecule has 6 heteroatoms. The summed E-state index contributed by atoms with van der Waals surface area (Å²) in [5.41, 5.74) is 2.42. The van der Waals surface area contributed by atoms with Gasteiger partial charge in [0.05, 0.1) is 5.69 Å². The first-order chi connectivity index (χ1) is 11.5. The lowest BCUT2D eigenvalue weighted by Crippen LogP contribution is -2.14. The van der Waals surface area contributed by atoms with Crippen LogP contribution in [0.3, 0.4) is 0 Å². The van der Waals surface area contributed by atoms with Gasteiger partial charge in [0.15, 0.2) is 5.78 Å². The lowest BCUT2D eigenvalue weighted by Gasteiger charge is -2.12.